The van der Waals surface area contributed by atoms with Crippen LogP contribution < -0.4 is 4.90 Å². The molecular formula is C16H17N5O. The SMILES string of the molecule is O[C@@H]1CN(c2nnc3ccccn23)C[C@H]1Cc1ccncc1. The van der Waals surface area contributed by atoms with E-state index in [1.54, 1.807) is 12.4 Å². The first-order valence-corrected chi connectivity index (χ1v) is 7.43. The minimum Gasteiger partial charge on any atom is -0.391 e. The van der Waals surface area contributed by atoms with Gasteiger partial charge >= 0.3 is 0 Å². The van der Waals surface area contributed by atoms with Crippen LogP contribution >= 0.6 is 0 Å². The highest BCUT2D eigenvalue weighted by atomic mass is 16.3. The van der Waals surface area contributed by atoms with E-state index in [1.165, 1.54) is 5.56 Å². The predicted octanol–water partition coefficient (Wildman–Crippen LogP) is 1.16. The van der Waals surface area contributed by atoms with E-state index in [9.17, 15) is 5.11 Å². The maximum atomic E-state index is 10.4. The van der Waals surface area contributed by atoms with Gasteiger partial charge in [-0.25, -0.2) is 0 Å². The average Bonchev–Trinajstić information content (AvgIpc) is 3.12. The Morgan fingerprint density at radius 1 is 1.09 bits per heavy atom. The Bertz CT molecular complexity index is 772. The molecule has 4 rings (SSSR count). The van der Waals surface area contributed by atoms with Crippen molar-refractivity contribution in [3.63, 3.8) is 0 Å². The van der Waals surface area contributed by atoms with E-state index in [0.717, 1.165) is 24.6 Å². The van der Waals surface area contributed by atoms with E-state index in [1.807, 2.05) is 40.9 Å². The third kappa shape index (κ3) is 2.31. The van der Waals surface area contributed by atoms with Gasteiger partial charge in [-0.3, -0.25) is 9.38 Å². The number of fused-ring (bicyclic) bond motifs is 1. The first-order chi connectivity index (χ1) is 10.8. The Morgan fingerprint density at radius 2 is 1.95 bits per heavy atom. The lowest BCUT2D eigenvalue weighted by molar-refractivity contribution is 0.148. The Hall–Kier alpha value is -2.47. The van der Waals surface area contributed by atoms with Crippen LogP contribution in [0.1, 0.15) is 5.56 Å². The predicted molar refractivity (Wildman–Crippen MR) is 82.6 cm³/mol. The van der Waals surface area contributed by atoms with Crippen LogP contribution in [0.4, 0.5) is 5.95 Å². The van der Waals surface area contributed by atoms with E-state index in [0.29, 0.717) is 6.54 Å². The van der Waals surface area contributed by atoms with Gasteiger partial charge in [0.2, 0.25) is 5.95 Å². The van der Waals surface area contributed by atoms with Crippen LogP contribution in [0.2, 0.25) is 0 Å². The molecule has 0 aromatic carbocycles. The highest BCUT2D eigenvalue weighted by molar-refractivity contribution is 5.47. The monoisotopic (exact) mass is 295 g/mol. The van der Waals surface area contributed by atoms with Crippen LogP contribution in [-0.4, -0.2) is 43.9 Å². The van der Waals surface area contributed by atoms with Crippen molar-refractivity contribution in [2.75, 3.05) is 18.0 Å². The first kappa shape index (κ1) is 13.2. The average molecular weight is 295 g/mol. The fourth-order valence-electron chi connectivity index (χ4n) is 3.08. The number of rotatable bonds is 3. The molecule has 1 aliphatic heterocycles. The summed E-state index contributed by atoms with van der Waals surface area (Å²) in [6.45, 7) is 1.37. The molecule has 1 aliphatic rings. The first-order valence-electron chi connectivity index (χ1n) is 7.43. The van der Waals surface area contributed by atoms with Crippen LogP contribution in [0.5, 0.6) is 0 Å². The van der Waals surface area contributed by atoms with Gasteiger partial charge in [0.15, 0.2) is 5.65 Å². The second-order valence-corrected chi connectivity index (χ2v) is 5.72. The molecule has 22 heavy (non-hydrogen) atoms. The fourth-order valence-corrected chi connectivity index (χ4v) is 3.08. The molecule has 4 heterocycles. The van der Waals surface area contributed by atoms with E-state index in [2.05, 4.69) is 20.1 Å². The van der Waals surface area contributed by atoms with Crippen molar-refractivity contribution in [1.29, 1.82) is 0 Å². The van der Waals surface area contributed by atoms with Crippen LogP contribution in [0, 0.1) is 5.92 Å². The number of aliphatic hydroxyl groups is 1. The number of anilines is 1. The van der Waals surface area contributed by atoms with Gasteiger partial charge in [-0.2, -0.15) is 0 Å². The minimum atomic E-state index is -0.357. The van der Waals surface area contributed by atoms with Crippen molar-refractivity contribution in [3.05, 3.63) is 54.5 Å². The number of pyridine rings is 2. The molecule has 6 nitrogen and oxygen atoms in total. The van der Waals surface area contributed by atoms with Crippen molar-refractivity contribution in [3.8, 4) is 0 Å². The zero-order valence-corrected chi connectivity index (χ0v) is 12.1. The fraction of sp³-hybridized carbons (Fsp3) is 0.312. The minimum absolute atomic E-state index is 0.193. The van der Waals surface area contributed by atoms with Gasteiger partial charge in [0.1, 0.15) is 0 Å². The zero-order valence-electron chi connectivity index (χ0n) is 12.1. The second-order valence-electron chi connectivity index (χ2n) is 5.72. The van der Waals surface area contributed by atoms with Gasteiger partial charge in [0.05, 0.1) is 6.10 Å². The molecule has 0 aliphatic carbocycles. The molecule has 2 atom stereocenters. The van der Waals surface area contributed by atoms with E-state index in [-0.39, 0.29) is 12.0 Å². The maximum absolute atomic E-state index is 10.4. The molecule has 0 amide bonds. The van der Waals surface area contributed by atoms with Crippen LogP contribution in [0.3, 0.4) is 0 Å². The molecule has 1 N–H and O–H groups in total. The molecule has 3 aromatic rings. The Morgan fingerprint density at radius 3 is 2.82 bits per heavy atom. The molecule has 0 unspecified atom stereocenters. The van der Waals surface area contributed by atoms with Crippen molar-refractivity contribution in [2.45, 2.75) is 12.5 Å². The molecule has 3 aromatic heterocycles. The molecule has 6 heteroatoms. The molecule has 0 radical (unpaired) electrons. The van der Waals surface area contributed by atoms with Gasteiger partial charge in [-0.15, -0.1) is 10.2 Å². The smallest absolute Gasteiger partial charge is 0.231 e. The Labute approximate surface area is 128 Å². The normalized spacial score (nSPS) is 21.6. The summed E-state index contributed by atoms with van der Waals surface area (Å²) in [4.78, 5) is 6.14. The summed E-state index contributed by atoms with van der Waals surface area (Å²) in [5.41, 5.74) is 2.02. The summed E-state index contributed by atoms with van der Waals surface area (Å²) in [5, 5.41) is 18.8. The Balaban J connectivity index is 1.56. The van der Waals surface area contributed by atoms with Gasteiger partial charge in [-0.05, 0) is 36.2 Å². The van der Waals surface area contributed by atoms with Crippen molar-refractivity contribution in [2.24, 2.45) is 5.92 Å². The lowest BCUT2D eigenvalue weighted by atomic mass is 9.97. The molecule has 1 fully saturated rings. The lowest BCUT2D eigenvalue weighted by Gasteiger charge is -2.15. The zero-order chi connectivity index (χ0) is 14.9. The standard InChI is InChI=1S/C16H17N5O/c22-14-11-20(10-13(14)9-12-4-6-17-7-5-12)16-19-18-15-3-1-2-8-21(15)16/h1-8,13-14,22H,9-11H2/t13-,14-/m1/s1. The molecule has 0 spiro atoms. The van der Waals surface area contributed by atoms with Crippen molar-refractivity contribution < 1.29 is 5.11 Å². The highest BCUT2D eigenvalue weighted by Gasteiger charge is 2.33. The molecule has 112 valence electrons. The van der Waals surface area contributed by atoms with E-state index >= 15 is 0 Å². The van der Waals surface area contributed by atoms with Crippen molar-refractivity contribution >= 4 is 11.6 Å². The summed E-state index contributed by atoms with van der Waals surface area (Å²) >= 11 is 0. The second kappa shape index (κ2) is 5.38. The molecule has 0 bridgehead atoms. The maximum Gasteiger partial charge on any atom is 0.231 e. The molecule has 1 saturated heterocycles. The third-order valence-electron chi connectivity index (χ3n) is 4.23. The van der Waals surface area contributed by atoms with Gasteiger partial charge in [0, 0.05) is 37.6 Å². The van der Waals surface area contributed by atoms with Gasteiger partial charge < -0.3 is 10.0 Å². The topological polar surface area (TPSA) is 66.5 Å². The third-order valence-corrected chi connectivity index (χ3v) is 4.23. The van der Waals surface area contributed by atoms with Gasteiger partial charge in [-0.1, -0.05) is 6.07 Å². The van der Waals surface area contributed by atoms with Crippen LogP contribution in [0.15, 0.2) is 48.9 Å². The van der Waals surface area contributed by atoms with E-state index in [4.69, 9.17) is 0 Å². The summed E-state index contributed by atoms with van der Waals surface area (Å²) in [6.07, 6.45) is 6.02. The number of nitrogens with zero attached hydrogens (tertiary/aromatic N) is 5. The number of hydrogen-bond donors (Lipinski definition) is 1. The van der Waals surface area contributed by atoms with E-state index < -0.39 is 0 Å². The molecule has 0 saturated carbocycles. The number of aromatic nitrogens is 4. The largest absolute Gasteiger partial charge is 0.391 e. The summed E-state index contributed by atoms with van der Waals surface area (Å²) < 4.78 is 1.96. The summed E-state index contributed by atoms with van der Waals surface area (Å²) in [6, 6.07) is 9.83. The quantitative estimate of drug-likeness (QED) is 0.785. The van der Waals surface area contributed by atoms with Crippen LogP contribution in [-0.2, 0) is 6.42 Å². The van der Waals surface area contributed by atoms with Crippen molar-refractivity contribution in [1.82, 2.24) is 19.6 Å². The molecular weight excluding hydrogens is 278 g/mol. The number of hydrogen-bond acceptors (Lipinski definition) is 5. The Kier molecular flexibility index (Phi) is 3.23. The highest BCUT2D eigenvalue weighted by Crippen LogP contribution is 2.25. The summed E-state index contributed by atoms with van der Waals surface area (Å²) in [7, 11) is 0. The van der Waals surface area contributed by atoms with Crippen LogP contribution in [0.25, 0.3) is 5.65 Å². The number of β-amino-alcohol motifs (C(OH)–C–C–N with tert-alkyl or cyclic N) is 1. The van der Waals surface area contributed by atoms with Gasteiger partial charge in [0.25, 0.3) is 0 Å². The lowest BCUT2D eigenvalue weighted by Crippen LogP contribution is -2.23. The number of aliphatic hydroxyl groups excluding tert-OH is 1. The summed E-state index contributed by atoms with van der Waals surface area (Å²) in [5.74, 6) is 0.991.